The van der Waals surface area contributed by atoms with Crippen molar-refractivity contribution in [2.75, 3.05) is 0 Å². The van der Waals surface area contributed by atoms with Gasteiger partial charge in [0.05, 0.1) is 10.3 Å². The van der Waals surface area contributed by atoms with Crippen molar-refractivity contribution in [1.82, 2.24) is 20.1 Å². The lowest BCUT2D eigenvalue weighted by Gasteiger charge is -2.15. The number of halogens is 1. The minimum atomic E-state index is -0.239. The van der Waals surface area contributed by atoms with Gasteiger partial charge < -0.3 is 10.1 Å². The molecule has 2 aromatic rings. The zero-order valence-corrected chi connectivity index (χ0v) is 16.7. The van der Waals surface area contributed by atoms with Gasteiger partial charge in [-0.25, -0.2) is 0 Å². The van der Waals surface area contributed by atoms with Gasteiger partial charge in [0.25, 0.3) is 0 Å². The van der Waals surface area contributed by atoms with Gasteiger partial charge in [0.1, 0.15) is 12.4 Å². The molecule has 1 fully saturated rings. The highest BCUT2D eigenvalue weighted by molar-refractivity contribution is 8.00. The van der Waals surface area contributed by atoms with E-state index >= 15 is 0 Å². The molecule has 0 unspecified atom stereocenters. The molecule has 1 aromatic carbocycles. The predicted octanol–water partition coefficient (Wildman–Crippen LogP) is 3.85. The van der Waals surface area contributed by atoms with Crippen LogP contribution in [0.4, 0.5) is 0 Å². The third-order valence-corrected chi connectivity index (χ3v) is 5.29. The first-order chi connectivity index (χ1) is 12.5. The SMILES string of the molecule is CC(C)NC(=O)[C@@H](C)Sc1nnc(COc2ccccc2Cl)n1C1CC1. The number of carbonyl (C=O) groups is 1. The molecule has 1 aliphatic rings. The van der Waals surface area contributed by atoms with E-state index in [-0.39, 0.29) is 17.2 Å². The van der Waals surface area contributed by atoms with Crippen molar-refractivity contribution in [2.45, 2.75) is 62.7 Å². The minimum Gasteiger partial charge on any atom is -0.484 e. The second-order valence-electron chi connectivity index (χ2n) is 6.64. The highest BCUT2D eigenvalue weighted by Crippen LogP contribution is 2.39. The van der Waals surface area contributed by atoms with Crippen LogP contribution in [0, 0.1) is 0 Å². The first kappa shape index (κ1) is 19.0. The lowest BCUT2D eigenvalue weighted by atomic mass is 10.3. The minimum absolute atomic E-state index is 0.00390. The first-order valence-electron chi connectivity index (χ1n) is 8.74. The maximum atomic E-state index is 12.2. The molecule has 1 aliphatic carbocycles. The molecule has 0 radical (unpaired) electrons. The molecule has 0 saturated heterocycles. The van der Waals surface area contributed by atoms with Gasteiger partial charge >= 0.3 is 0 Å². The average molecular weight is 395 g/mol. The average Bonchev–Trinajstić information content (AvgIpc) is 3.35. The van der Waals surface area contributed by atoms with E-state index in [0.717, 1.165) is 23.8 Å². The van der Waals surface area contributed by atoms with Crippen molar-refractivity contribution in [3.8, 4) is 5.75 Å². The Balaban J connectivity index is 1.70. The van der Waals surface area contributed by atoms with E-state index in [1.807, 2.05) is 39.0 Å². The number of carbonyl (C=O) groups excluding carboxylic acids is 1. The summed E-state index contributed by atoms with van der Waals surface area (Å²) in [5.41, 5.74) is 0. The molecule has 1 atom stereocenters. The number of nitrogens with zero attached hydrogens (tertiary/aromatic N) is 3. The molecular weight excluding hydrogens is 372 g/mol. The van der Waals surface area contributed by atoms with Crippen LogP contribution < -0.4 is 10.1 Å². The van der Waals surface area contributed by atoms with Crippen LogP contribution in [0.2, 0.25) is 5.02 Å². The van der Waals surface area contributed by atoms with E-state index in [1.54, 1.807) is 6.07 Å². The number of hydrogen-bond donors (Lipinski definition) is 1. The topological polar surface area (TPSA) is 69.0 Å². The summed E-state index contributed by atoms with van der Waals surface area (Å²) >= 11 is 7.57. The Hall–Kier alpha value is -1.73. The smallest absolute Gasteiger partial charge is 0.233 e. The Bertz CT molecular complexity index is 776. The van der Waals surface area contributed by atoms with E-state index in [1.165, 1.54) is 11.8 Å². The van der Waals surface area contributed by atoms with Crippen LogP contribution >= 0.6 is 23.4 Å². The summed E-state index contributed by atoms with van der Waals surface area (Å²) < 4.78 is 7.91. The van der Waals surface area contributed by atoms with Gasteiger partial charge in [0.2, 0.25) is 5.91 Å². The lowest BCUT2D eigenvalue weighted by molar-refractivity contribution is -0.120. The highest BCUT2D eigenvalue weighted by atomic mass is 35.5. The summed E-state index contributed by atoms with van der Waals surface area (Å²) in [6.07, 6.45) is 2.19. The van der Waals surface area contributed by atoms with Crippen molar-refractivity contribution >= 4 is 29.3 Å². The van der Waals surface area contributed by atoms with E-state index in [0.29, 0.717) is 23.4 Å². The van der Waals surface area contributed by atoms with E-state index < -0.39 is 0 Å². The van der Waals surface area contributed by atoms with Gasteiger partial charge in [-0.15, -0.1) is 10.2 Å². The van der Waals surface area contributed by atoms with Crippen molar-refractivity contribution < 1.29 is 9.53 Å². The van der Waals surface area contributed by atoms with Crippen molar-refractivity contribution in [3.63, 3.8) is 0 Å². The summed E-state index contributed by atoms with van der Waals surface area (Å²) in [6, 6.07) is 7.86. The number of thioether (sulfide) groups is 1. The fourth-order valence-corrected chi connectivity index (χ4v) is 3.64. The van der Waals surface area contributed by atoms with Crippen LogP contribution in [0.5, 0.6) is 5.75 Å². The number of benzene rings is 1. The van der Waals surface area contributed by atoms with Crippen molar-refractivity contribution in [3.05, 3.63) is 35.1 Å². The number of para-hydroxylation sites is 1. The van der Waals surface area contributed by atoms with E-state index in [2.05, 4.69) is 20.1 Å². The molecule has 1 amide bonds. The maximum Gasteiger partial charge on any atom is 0.233 e. The Morgan fingerprint density at radius 1 is 1.35 bits per heavy atom. The Morgan fingerprint density at radius 2 is 2.08 bits per heavy atom. The van der Waals surface area contributed by atoms with E-state index in [9.17, 15) is 4.79 Å². The van der Waals surface area contributed by atoms with Crippen molar-refractivity contribution in [1.29, 1.82) is 0 Å². The second-order valence-corrected chi connectivity index (χ2v) is 8.36. The van der Waals surface area contributed by atoms with Crippen LogP contribution in [-0.2, 0) is 11.4 Å². The van der Waals surface area contributed by atoms with Crippen LogP contribution in [0.25, 0.3) is 0 Å². The van der Waals surface area contributed by atoms with Gasteiger partial charge in [-0.2, -0.15) is 0 Å². The summed E-state index contributed by atoms with van der Waals surface area (Å²) in [7, 11) is 0. The molecule has 0 aliphatic heterocycles. The maximum absolute atomic E-state index is 12.2. The largest absolute Gasteiger partial charge is 0.484 e. The Morgan fingerprint density at radius 3 is 2.73 bits per heavy atom. The molecule has 6 nitrogen and oxygen atoms in total. The first-order valence-corrected chi connectivity index (χ1v) is 9.99. The number of aromatic nitrogens is 3. The molecule has 0 bridgehead atoms. The Labute approximate surface area is 162 Å². The standard InChI is InChI=1S/C18H23ClN4O2S/c1-11(2)20-17(24)12(3)26-18-22-21-16(23(18)13-8-9-13)10-25-15-7-5-4-6-14(15)19/h4-7,11-13H,8-10H2,1-3H3,(H,20,24)/t12-/m1/s1. The fourth-order valence-electron chi connectivity index (χ4n) is 2.50. The molecule has 1 aromatic heterocycles. The quantitative estimate of drug-likeness (QED) is 0.688. The van der Waals surface area contributed by atoms with Gasteiger partial charge in [-0.1, -0.05) is 35.5 Å². The van der Waals surface area contributed by atoms with E-state index in [4.69, 9.17) is 16.3 Å². The molecular formula is C18H23ClN4O2S. The number of nitrogens with one attached hydrogen (secondary N) is 1. The monoisotopic (exact) mass is 394 g/mol. The summed E-state index contributed by atoms with van der Waals surface area (Å²) in [5.74, 6) is 1.38. The van der Waals surface area contributed by atoms with Gasteiger partial charge in [-0.3, -0.25) is 9.36 Å². The molecule has 1 N–H and O–H groups in total. The third kappa shape index (κ3) is 4.71. The zero-order valence-electron chi connectivity index (χ0n) is 15.1. The number of amides is 1. The molecule has 0 spiro atoms. The Kier molecular flexibility index (Phi) is 6.09. The van der Waals surface area contributed by atoms with Gasteiger partial charge in [0.15, 0.2) is 11.0 Å². The molecule has 3 rings (SSSR count). The second kappa shape index (κ2) is 8.31. The summed E-state index contributed by atoms with van der Waals surface area (Å²) in [4.78, 5) is 12.2. The van der Waals surface area contributed by atoms with Crippen LogP contribution in [-0.4, -0.2) is 32.0 Å². The summed E-state index contributed by atoms with van der Waals surface area (Å²) in [6.45, 7) is 6.08. The molecule has 140 valence electrons. The van der Waals surface area contributed by atoms with Gasteiger partial charge in [0, 0.05) is 12.1 Å². The number of rotatable bonds is 8. The van der Waals surface area contributed by atoms with Crippen LogP contribution in [0.1, 0.15) is 45.5 Å². The highest BCUT2D eigenvalue weighted by Gasteiger charge is 2.31. The number of hydrogen-bond acceptors (Lipinski definition) is 5. The zero-order chi connectivity index (χ0) is 18.7. The number of ether oxygens (including phenoxy) is 1. The molecule has 1 saturated carbocycles. The third-order valence-electron chi connectivity index (χ3n) is 3.92. The predicted molar refractivity (Wildman–Crippen MR) is 103 cm³/mol. The van der Waals surface area contributed by atoms with Crippen LogP contribution in [0.15, 0.2) is 29.4 Å². The van der Waals surface area contributed by atoms with Crippen molar-refractivity contribution in [2.24, 2.45) is 0 Å². The molecule has 8 heteroatoms. The normalized spacial score (nSPS) is 15.1. The lowest BCUT2D eigenvalue weighted by Crippen LogP contribution is -2.36. The summed E-state index contributed by atoms with van der Waals surface area (Å²) in [5, 5.41) is 12.6. The van der Waals surface area contributed by atoms with Crippen LogP contribution in [0.3, 0.4) is 0 Å². The molecule has 26 heavy (non-hydrogen) atoms. The molecule has 1 heterocycles. The fraction of sp³-hybridized carbons (Fsp3) is 0.500. The van der Waals surface area contributed by atoms with Gasteiger partial charge in [-0.05, 0) is 45.7 Å².